The van der Waals surface area contributed by atoms with E-state index in [0.29, 0.717) is 29.6 Å². The number of benzene rings is 1. The normalized spacial score (nSPS) is 14.7. The molecule has 0 unspecified atom stereocenters. The molecule has 6 nitrogen and oxygen atoms in total. The first-order valence-corrected chi connectivity index (χ1v) is 10.2. The Kier molecular flexibility index (Phi) is 6.55. The average molecular weight is 485 g/mol. The lowest BCUT2D eigenvalue weighted by Crippen LogP contribution is -2.30. The lowest BCUT2D eigenvalue weighted by Gasteiger charge is -2.22. The van der Waals surface area contributed by atoms with Crippen molar-refractivity contribution >= 4 is 39.9 Å². The number of ketones is 1. The highest BCUT2D eigenvalue weighted by Gasteiger charge is 2.31. The molecule has 0 atom stereocenters. The van der Waals surface area contributed by atoms with Crippen LogP contribution in [0.5, 0.6) is 5.75 Å². The van der Waals surface area contributed by atoms with Crippen molar-refractivity contribution in [1.29, 1.82) is 5.41 Å². The van der Waals surface area contributed by atoms with Gasteiger partial charge in [-0.25, -0.2) is 4.98 Å². The molecule has 2 heterocycles. The van der Waals surface area contributed by atoms with E-state index in [2.05, 4.69) is 18.7 Å². The molecule has 164 valence electrons. The van der Waals surface area contributed by atoms with Crippen LogP contribution in [-0.4, -0.2) is 49.3 Å². The first kappa shape index (κ1) is 23.0. The SMILES string of the molecule is Br.C=C(C)c1cc(C(=O)CN2Cc3ccc(C4CC4)nc3C2=N)cc(N(C)C)c1OC. The van der Waals surface area contributed by atoms with Crippen molar-refractivity contribution in [1.82, 2.24) is 9.88 Å². The first-order chi connectivity index (χ1) is 14.3. The summed E-state index contributed by atoms with van der Waals surface area (Å²) in [6.45, 7) is 6.63. The van der Waals surface area contributed by atoms with Crippen LogP contribution in [0, 0.1) is 5.41 Å². The summed E-state index contributed by atoms with van der Waals surface area (Å²) in [5.41, 5.74) is 5.89. The maximum atomic E-state index is 13.2. The van der Waals surface area contributed by atoms with Gasteiger partial charge >= 0.3 is 0 Å². The predicted octanol–water partition coefficient (Wildman–Crippen LogP) is 4.67. The van der Waals surface area contributed by atoms with E-state index in [1.165, 1.54) is 12.8 Å². The van der Waals surface area contributed by atoms with Crippen LogP contribution in [0.15, 0.2) is 30.8 Å². The fourth-order valence-electron chi connectivity index (χ4n) is 3.91. The number of halogens is 1. The van der Waals surface area contributed by atoms with Crippen molar-refractivity contribution in [2.45, 2.75) is 32.2 Å². The summed E-state index contributed by atoms with van der Waals surface area (Å²) in [4.78, 5) is 21.6. The molecule has 31 heavy (non-hydrogen) atoms. The van der Waals surface area contributed by atoms with E-state index in [1.54, 1.807) is 12.0 Å². The summed E-state index contributed by atoms with van der Waals surface area (Å²) < 4.78 is 5.60. The molecular formula is C24H29BrN4O2. The van der Waals surface area contributed by atoms with Crippen molar-refractivity contribution < 1.29 is 9.53 Å². The number of anilines is 1. The van der Waals surface area contributed by atoms with E-state index in [9.17, 15) is 4.79 Å². The van der Waals surface area contributed by atoms with E-state index in [-0.39, 0.29) is 29.3 Å². The molecule has 1 fully saturated rings. The number of hydrogen-bond donors (Lipinski definition) is 1. The van der Waals surface area contributed by atoms with Crippen LogP contribution in [-0.2, 0) is 6.54 Å². The lowest BCUT2D eigenvalue weighted by atomic mass is 9.99. The average Bonchev–Trinajstić information content (AvgIpc) is 3.52. The van der Waals surface area contributed by atoms with Gasteiger partial charge in [-0.1, -0.05) is 12.6 Å². The molecule has 0 amide bonds. The topological polar surface area (TPSA) is 69.5 Å². The van der Waals surface area contributed by atoms with E-state index >= 15 is 0 Å². The van der Waals surface area contributed by atoms with Gasteiger partial charge in [-0.2, -0.15) is 0 Å². The second-order valence-corrected chi connectivity index (χ2v) is 8.40. The van der Waals surface area contributed by atoms with E-state index < -0.39 is 0 Å². The number of amidine groups is 1. The summed E-state index contributed by atoms with van der Waals surface area (Å²) in [5, 5.41) is 8.56. The van der Waals surface area contributed by atoms with E-state index in [0.717, 1.165) is 33.8 Å². The largest absolute Gasteiger partial charge is 0.494 e. The van der Waals surface area contributed by atoms with Crippen molar-refractivity contribution in [3.05, 3.63) is 58.9 Å². The van der Waals surface area contributed by atoms with Crippen LogP contribution < -0.4 is 9.64 Å². The maximum absolute atomic E-state index is 13.2. The predicted molar refractivity (Wildman–Crippen MR) is 130 cm³/mol. The Balaban J connectivity index is 0.00000272. The molecule has 0 spiro atoms. The number of Topliss-reactive ketones (excluding diaryl/α,β-unsaturated/α-hetero) is 1. The third kappa shape index (κ3) is 4.37. The highest BCUT2D eigenvalue weighted by atomic mass is 79.9. The fourth-order valence-corrected chi connectivity index (χ4v) is 3.91. The van der Waals surface area contributed by atoms with Crippen LogP contribution in [0.2, 0.25) is 0 Å². The molecular weight excluding hydrogens is 456 g/mol. The highest BCUT2D eigenvalue weighted by Crippen LogP contribution is 2.40. The molecule has 1 aromatic carbocycles. The van der Waals surface area contributed by atoms with Gasteiger partial charge in [0.2, 0.25) is 0 Å². The van der Waals surface area contributed by atoms with Crippen LogP contribution >= 0.6 is 17.0 Å². The number of nitrogens with zero attached hydrogens (tertiary/aromatic N) is 3. The minimum atomic E-state index is -0.0387. The Morgan fingerprint density at radius 2 is 2.03 bits per heavy atom. The summed E-state index contributed by atoms with van der Waals surface area (Å²) >= 11 is 0. The zero-order valence-electron chi connectivity index (χ0n) is 18.5. The van der Waals surface area contributed by atoms with Gasteiger partial charge in [0, 0.05) is 48.9 Å². The van der Waals surface area contributed by atoms with Gasteiger partial charge in [0.05, 0.1) is 19.3 Å². The number of ether oxygens (including phenoxy) is 1. The molecule has 4 rings (SSSR count). The Morgan fingerprint density at radius 1 is 1.32 bits per heavy atom. The van der Waals surface area contributed by atoms with Crippen molar-refractivity contribution in [2.24, 2.45) is 0 Å². The molecule has 2 aromatic rings. The molecule has 0 bridgehead atoms. The van der Waals surface area contributed by atoms with Crippen molar-refractivity contribution in [3.63, 3.8) is 0 Å². The Labute approximate surface area is 194 Å². The number of allylic oxidation sites excluding steroid dienone is 1. The standard InChI is InChI=1S/C24H28N4O2.BrH/c1-14(2)18-10-17(11-20(27(3)4)23(18)30-5)21(29)13-28-12-16-8-9-19(15-6-7-15)26-22(16)24(28)25;/h8-11,15,25H,1,6-7,12-13H2,2-5H3;1H. The third-order valence-corrected chi connectivity index (χ3v) is 5.77. The summed E-state index contributed by atoms with van der Waals surface area (Å²) in [6.07, 6.45) is 2.36. The van der Waals surface area contributed by atoms with E-state index in [1.807, 2.05) is 38.1 Å². The number of carbonyl (C=O) groups excluding carboxylic acids is 1. The zero-order chi connectivity index (χ0) is 21.6. The Bertz CT molecular complexity index is 1060. The summed E-state index contributed by atoms with van der Waals surface area (Å²) in [5.74, 6) is 1.55. The number of nitrogens with one attached hydrogen (secondary N) is 1. The van der Waals surface area contributed by atoms with Gasteiger partial charge in [0.25, 0.3) is 0 Å². The quantitative estimate of drug-likeness (QED) is 0.578. The molecule has 0 radical (unpaired) electrons. The lowest BCUT2D eigenvalue weighted by molar-refractivity contribution is 0.0962. The summed E-state index contributed by atoms with van der Waals surface area (Å²) in [7, 11) is 5.47. The zero-order valence-corrected chi connectivity index (χ0v) is 20.2. The molecule has 2 aliphatic rings. The number of aromatic nitrogens is 1. The Morgan fingerprint density at radius 3 is 2.61 bits per heavy atom. The molecule has 7 heteroatoms. The second kappa shape index (κ2) is 8.83. The van der Waals surface area contributed by atoms with Crippen LogP contribution in [0.1, 0.15) is 58.6 Å². The maximum Gasteiger partial charge on any atom is 0.182 e. The molecule has 1 saturated carbocycles. The van der Waals surface area contributed by atoms with Gasteiger partial charge in [-0.05, 0) is 43.5 Å². The minimum absolute atomic E-state index is 0. The van der Waals surface area contributed by atoms with E-state index in [4.69, 9.17) is 15.1 Å². The Hall–Kier alpha value is -2.67. The summed E-state index contributed by atoms with van der Waals surface area (Å²) in [6, 6.07) is 7.82. The molecule has 1 aliphatic carbocycles. The molecule has 1 aliphatic heterocycles. The van der Waals surface area contributed by atoms with Crippen molar-refractivity contribution in [3.8, 4) is 5.75 Å². The van der Waals surface area contributed by atoms with Crippen molar-refractivity contribution in [2.75, 3.05) is 32.6 Å². The monoisotopic (exact) mass is 484 g/mol. The molecule has 1 N–H and O–H groups in total. The number of rotatable bonds is 7. The number of hydrogen-bond acceptors (Lipinski definition) is 5. The first-order valence-electron chi connectivity index (χ1n) is 10.2. The van der Waals surface area contributed by atoms with Gasteiger partial charge in [-0.15, -0.1) is 17.0 Å². The van der Waals surface area contributed by atoms with Gasteiger partial charge in [-0.3, -0.25) is 10.2 Å². The molecule has 0 saturated heterocycles. The smallest absolute Gasteiger partial charge is 0.182 e. The number of methoxy groups -OCH3 is 1. The second-order valence-electron chi connectivity index (χ2n) is 8.40. The van der Waals surface area contributed by atoms with Gasteiger partial charge < -0.3 is 14.5 Å². The minimum Gasteiger partial charge on any atom is -0.494 e. The third-order valence-electron chi connectivity index (χ3n) is 5.77. The van der Waals surface area contributed by atoms with Crippen LogP contribution in [0.4, 0.5) is 5.69 Å². The van der Waals surface area contributed by atoms with Gasteiger partial charge in [0.15, 0.2) is 5.78 Å². The molecule has 1 aromatic heterocycles. The van der Waals surface area contributed by atoms with Crippen LogP contribution in [0.3, 0.4) is 0 Å². The number of fused-ring (bicyclic) bond motifs is 1. The van der Waals surface area contributed by atoms with Gasteiger partial charge in [0.1, 0.15) is 17.3 Å². The number of pyridine rings is 1. The highest BCUT2D eigenvalue weighted by molar-refractivity contribution is 8.93. The number of carbonyl (C=O) groups is 1. The van der Waals surface area contributed by atoms with Crippen LogP contribution in [0.25, 0.3) is 5.57 Å². The fraction of sp³-hybridized carbons (Fsp3) is 0.375.